The Balaban J connectivity index is 2.26. The Morgan fingerprint density at radius 2 is 1.96 bits per heavy atom. The molecule has 2 N–H and O–H groups in total. The molecule has 1 fully saturated rings. The monoisotopic (exact) mass is 429 g/mol. The summed E-state index contributed by atoms with van der Waals surface area (Å²) in [5.41, 5.74) is 2.60. The van der Waals surface area contributed by atoms with Gasteiger partial charge in [0.2, 0.25) is 10.0 Å². The molecule has 2 rings (SSSR count). The van der Waals surface area contributed by atoms with E-state index in [9.17, 15) is 13.2 Å². The molecule has 1 aliphatic heterocycles. The molecule has 1 heterocycles. The van der Waals surface area contributed by atoms with E-state index in [1.54, 1.807) is 0 Å². The van der Waals surface area contributed by atoms with Crippen molar-refractivity contribution >= 4 is 26.3 Å². The van der Waals surface area contributed by atoms with E-state index < -0.39 is 33.6 Å². The van der Waals surface area contributed by atoms with Gasteiger partial charge in [-0.05, 0) is 24.8 Å². The van der Waals surface area contributed by atoms with Crippen LogP contribution in [0.25, 0.3) is 0 Å². The Morgan fingerprint density at radius 3 is 2.54 bits per heavy atom. The lowest BCUT2D eigenvalue weighted by Crippen LogP contribution is -2.51. The molecule has 0 saturated carbocycles. The number of urea groups is 1. The van der Waals surface area contributed by atoms with E-state index in [2.05, 4.69) is 24.6 Å². The second kappa shape index (κ2) is 9.36. The molecule has 0 bridgehead atoms. The van der Waals surface area contributed by atoms with Gasteiger partial charge in [-0.1, -0.05) is 44.2 Å². The molecule has 0 spiro atoms. The highest BCUT2D eigenvalue weighted by Gasteiger charge is 2.37. The van der Waals surface area contributed by atoms with Crippen molar-refractivity contribution in [2.75, 3.05) is 19.4 Å². The van der Waals surface area contributed by atoms with Gasteiger partial charge in [-0.2, -0.15) is 0 Å². The van der Waals surface area contributed by atoms with Gasteiger partial charge >= 0.3 is 6.03 Å². The summed E-state index contributed by atoms with van der Waals surface area (Å²) in [5, 5.41) is 2.85. The van der Waals surface area contributed by atoms with Crippen molar-refractivity contribution in [1.82, 2.24) is 15.2 Å². The van der Waals surface area contributed by atoms with Crippen LogP contribution in [-0.4, -0.2) is 66.1 Å². The summed E-state index contributed by atoms with van der Waals surface area (Å²) in [6.45, 7) is 6.49. The van der Waals surface area contributed by atoms with Crippen LogP contribution in [0, 0.1) is 5.92 Å². The molecule has 8 nitrogen and oxygen atoms in total. The second-order valence-corrected chi connectivity index (χ2v) is 11.7. The maximum atomic E-state index is 12.3. The van der Waals surface area contributed by atoms with E-state index in [1.807, 2.05) is 37.3 Å². The van der Waals surface area contributed by atoms with Gasteiger partial charge in [0.15, 0.2) is 0 Å². The summed E-state index contributed by atoms with van der Waals surface area (Å²) >= 11 is 0. The van der Waals surface area contributed by atoms with Gasteiger partial charge in [0.05, 0.1) is 41.8 Å². The molecular weight excluding hydrogens is 398 g/mol. The molecule has 28 heavy (non-hydrogen) atoms. The van der Waals surface area contributed by atoms with Crippen LogP contribution in [0.2, 0.25) is 0 Å². The van der Waals surface area contributed by atoms with E-state index in [4.69, 9.17) is 9.47 Å². The number of nitrogens with zero attached hydrogens (tertiary/aromatic N) is 1. The number of carbonyl (C=O) groups excluding carboxylic acids is 1. The van der Waals surface area contributed by atoms with E-state index in [0.717, 1.165) is 16.2 Å². The summed E-state index contributed by atoms with van der Waals surface area (Å²) < 4.78 is 37.3. The molecule has 0 radical (unpaired) electrons. The third-order valence-corrected chi connectivity index (χ3v) is 5.80. The minimum Gasteiger partial charge on any atom is -0.355 e. The summed E-state index contributed by atoms with van der Waals surface area (Å²) in [4.78, 5) is 12.3. The maximum Gasteiger partial charge on any atom is 0.330 e. The molecule has 1 aromatic carbocycles. The van der Waals surface area contributed by atoms with Crippen molar-refractivity contribution in [3.63, 3.8) is 0 Å². The first kappa shape index (κ1) is 22.8. The minimum atomic E-state index is -3.64. The third-order valence-electron chi connectivity index (χ3n) is 4.24. The predicted molar refractivity (Wildman–Crippen MR) is 111 cm³/mol. The number of nitrogens with one attached hydrogen (secondary N) is 2. The smallest absolute Gasteiger partial charge is 0.330 e. The Morgan fingerprint density at radius 1 is 1.32 bits per heavy atom. The molecule has 10 heteroatoms. The SMILES string of the molecule is CC(C)COC(C)([SiH3])O[C@@H]1CN(S(C)(=O)=O)NC(=O)N[C@@H]1Cc1ccccc1. The van der Waals surface area contributed by atoms with Crippen LogP contribution in [0.3, 0.4) is 0 Å². The van der Waals surface area contributed by atoms with Gasteiger partial charge < -0.3 is 14.8 Å². The molecule has 1 unspecified atom stereocenters. The van der Waals surface area contributed by atoms with E-state index in [1.165, 1.54) is 0 Å². The Labute approximate surface area is 170 Å². The van der Waals surface area contributed by atoms with Crippen LogP contribution in [0.15, 0.2) is 30.3 Å². The normalized spacial score (nSPS) is 23.7. The molecule has 3 atom stereocenters. The van der Waals surface area contributed by atoms with Crippen molar-refractivity contribution in [3.8, 4) is 0 Å². The largest absolute Gasteiger partial charge is 0.355 e. The zero-order valence-corrected chi connectivity index (χ0v) is 20.0. The van der Waals surface area contributed by atoms with E-state index in [-0.39, 0.29) is 6.54 Å². The lowest BCUT2D eigenvalue weighted by Gasteiger charge is -2.35. The van der Waals surface area contributed by atoms with E-state index in [0.29, 0.717) is 29.2 Å². The number of ether oxygens (including phenoxy) is 2. The molecule has 158 valence electrons. The topological polar surface area (TPSA) is 97.0 Å². The van der Waals surface area contributed by atoms with Gasteiger partial charge in [0.1, 0.15) is 5.41 Å². The van der Waals surface area contributed by atoms with Gasteiger partial charge in [-0.3, -0.25) is 5.43 Å². The van der Waals surface area contributed by atoms with Crippen molar-refractivity contribution in [3.05, 3.63) is 35.9 Å². The Kier molecular flexibility index (Phi) is 7.63. The number of hydrazine groups is 1. The fourth-order valence-electron chi connectivity index (χ4n) is 2.90. The zero-order chi connectivity index (χ0) is 20.9. The number of carbonyl (C=O) groups is 1. The Bertz CT molecular complexity index is 758. The maximum absolute atomic E-state index is 12.3. The molecular formula is C18H31N3O5SSi. The van der Waals surface area contributed by atoms with E-state index >= 15 is 0 Å². The second-order valence-electron chi connectivity index (χ2n) is 7.94. The van der Waals surface area contributed by atoms with Gasteiger partial charge in [-0.15, -0.1) is 4.41 Å². The van der Waals surface area contributed by atoms with Crippen LogP contribution in [0.4, 0.5) is 4.79 Å². The molecule has 2 amide bonds. The number of benzene rings is 1. The van der Waals surface area contributed by atoms with Crippen molar-refractivity contribution < 1.29 is 22.7 Å². The van der Waals surface area contributed by atoms with Gasteiger partial charge in [-0.25, -0.2) is 13.2 Å². The lowest BCUT2D eigenvalue weighted by atomic mass is 10.0. The highest BCUT2D eigenvalue weighted by Crippen LogP contribution is 2.20. The standard InChI is InChI=1S/C18H31N3O5SSi/c1-13(2)12-25-18(3,28)26-16-11-21(27(4,23)24)20-17(22)19-15(16)10-14-8-6-5-7-9-14/h5-9,13,15-16H,10-12H2,1-4,28H3,(H2,19,20,22)/t15-,16-,18?/m1/s1. The fraction of sp³-hybridized carbons (Fsp3) is 0.611. The van der Waals surface area contributed by atoms with Gasteiger partial charge in [0.25, 0.3) is 0 Å². The first-order valence-electron chi connectivity index (χ1n) is 9.37. The third kappa shape index (κ3) is 7.17. The highest BCUT2D eigenvalue weighted by molar-refractivity contribution is 7.88. The van der Waals surface area contributed by atoms with Crippen LogP contribution in [0.5, 0.6) is 0 Å². The lowest BCUT2D eigenvalue weighted by molar-refractivity contribution is -0.203. The fourth-order valence-corrected chi connectivity index (χ4v) is 4.03. The highest BCUT2D eigenvalue weighted by atomic mass is 32.2. The Hall–Kier alpha value is -1.46. The van der Waals surface area contributed by atoms with Gasteiger partial charge in [0, 0.05) is 0 Å². The van der Waals surface area contributed by atoms with Crippen LogP contribution in [0.1, 0.15) is 26.3 Å². The predicted octanol–water partition coefficient (Wildman–Crippen LogP) is 0.184. The molecule has 0 aromatic heterocycles. The average Bonchev–Trinajstić information content (AvgIpc) is 2.73. The number of hydrogen-bond donors (Lipinski definition) is 2. The van der Waals surface area contributed by atoms with Crippen LogP contribution in [-0.2, 0) is 25.9 Å². The molecule has 1 aliphatic rings. The number of amides is 2. The summed E-state index contributed by atoms with van der Waals surface area (Å²) in [6.07, 6.45) is 0.985. The average molecular weight is 430 g/mol. The van der Waals surface area contributed by atoms with Crippen molar-refractivity contribution in [2.24, 2.45) is 5.92 Å². The molecule has 1 aromatic rings. The van der Waals surface area contributed by atoms with Crippen molar-refractivity contribution in [2.45, 2.75) is 44.7 Å². The summed E-state index contributed by atoms with van der Waals surface area (Å²) in [7, 11) is -3.06. The summed E-state index contributed by atoms with van der Waals surface area (Å²) in [6, 6.07) is 8.71. The molecule has 1 saturated heterocycles. The first-order chi connectivity index (χ1) is 13.0. The quantitative estimate of drug-likeness (QED) is 0.454. The first-order valence-corrected chi connectivity index (χ1v) is 12.2. The zero-order valence-electron chi connectivity index (χ0n) is 17.1. The van der Waals surface area contributed by atoms with Crippen molar-refractivity contribution in [1.29, 1.82) is 0 Å². The number of sulfonamides is 1. The number of rotatable bonds is 8. The summed E-state index contributed by atoms with van der Waals surface area (Å²) in [5.74, 6) is 0.347. The van der Waals surface area contributed by atoms with Crippen LogP contribution < -0.4 is 10.7 Å². The molecule has 0 aliphatic carbocycles. The van der Waals surface area contributed by atoms with Crippen LogP contribution >= 0.6 is 0 Å². The number of hydrogen-bond acceptors (Lipinski definition) is 5. The minimum absolute atomic E-state index is 0.00204.